The summed E-state index contributed by atoms with van der Waals surface area (Å²) in [6, 6.07) is 13.4. The van der Waals surface area contributed by atoms with E-state index < -0.39 is 5.97 Å². The molecule has 0 bridgehead atoms. The van der Waals surface area contributed by atoms with E-state index in [-0.39, 0.29) is 11.9 Å². The normalized spacial score (nSPS) is 14.7. The number of para-hydroxylation sites is 1. The highest BCUT2D eigenvalue weighted by Crippen LogP contribution is 2.31. The van der Waals surface area contributed by atoms with Crippen molar-refractivity contribution in [3.05, 3.63) is 59.9 Å². The second kappa shape index (κ2) is 5.62. The molecule has 0 spiro atoms. The first-order valence-electron chi connectivity index (χ1n) is 7.26. The summed E-state index contributed by atoms with van der Waals surface area (Å²) < 4.78 is 19.4. The van der Waals surface area contributed by atoms with E-state index in [0.29, 0.717) is 18.7 Å². The number of hydrogen-bond acceptors (Lipinski definition) is 5. The van der Waals surface area contributed by atoms with Gasteiger partial charge in [0.15, 0.2) is 5.13 Å². The second-order valence-corrected chi connectivity index (χ2v) is 6.41. The SMILES string of the molecule is O=C(OC1CN(c2nc3ccccc3s2)C1)c1ccc(F)cc1. The third kappa shape index (κ3) is 2.77. The predicted molar refractivity (Wildman–Crippen MR) is 87.4 cm³/mol. The first kappa shape index (κ1) is 14.1. The number of aromatic nitrogens is 1. The Morgan fingerprint density at radius 1 is 1.17 bits per heavy atom. The molecule has 0 aliphatic carbocycles. The van der Waals surface area contributed by atoms with E-state index in [0.717, 1.165) is 15.3 Å². The molecule has 0 atom stereocenters. The lowest BCUT2D eigenvalue weighted by Crippen LogP contribution is -2.53. The van der Waals surface area contributed by atoms with Crippen LogP contribution in [0.1, 0.15) is 10.4 Å². The van der Waals surface area contributed by atoms with Crippen molar-refractivity contribution >= 4 is 32.7 Å². The van der Waals surface area contributed by atoms with Crippen LogP contribution in [0.3, 0.4) is 0 Å². The zero-order chi connectivity index (χ0) is 15.8. The number of esters is 1. The molecule has 2 aromatic carbocycles. The molecule has 3 aromatic rings. The van der Waals surface area contributed by atoms with Gasteiger partial charge < -0.3 is 9.64 Å². The van der Waals surface area contributed by atoms with Crippen LogP contribution >= 0.6 is 11.3 Å². The van der Waals surface area contributed by atoms with Crippen molar-refractivity contribution in [1.29, 1.82) is 0 Å². The van der Waals surface area contributed by atoms with Crippen LogP contribution in [-0.4, -0.2) is 30.1 Å². The summed E-state index contributed by atoms with van der Waals surface area (Å²) in [4.78, 5) is 18.6. The van der Waals surface area contributed by atoms with Crippen LogP contribution in [0, 0.1) is 5.82 Å². The summed E-state index contributed by atoms with van der Waals surface area (Å²) in [5, 5.41) is 0.945. The first-order chi connectivity index (χ1) is 11.2. The number of ether oxygens (including phenoxy) is 1. The smallest absolute Gasteiger partial charge is 0.338 e. The van der Waals surface area contributed by atoms with Crippen LogP contribution in [0.5, 0.6) is 0 Å². The lowest BCUT2D eigenvalue weighted by atomic mass is 10.2. The Kier molecular flexibility index (Phi) is 3.46. The quantitative estimate of drug-likeness (QED) is 0.690. The zero-order valence-electron chi connectivity index (χ0n) is 12.1. The number of fused-ring (bicyclic) bond motifs is 1. The lowest BCUT2D eigenvalue weighted by molar-refractivity contribution is 0.0234. The fraction of sp³-hybridized carbons (Fsp3) is 0.176. The van der Waals surface area contributed by atoms with E-state index in [1.165, 1.54) is 24.3 Å². The Bertz CT molecular complexity index is 823. The first-order valence-corrected chi connectivity index (χ1v) is 8.08. The number of halogens is 1. The molecule has 0 unspecified atom stereocenters. The van der Waals surface area contributed by atoms with Gasteiger partial charge in [-0.3, -0.25) is 0 Å². The van der Waals surface area contributed by atoms with Crippen molar-refractivity contribution in [3.8, 4) is 0 Å². The minimum atomic E-state index is -0.418. The average molecular weight is 328 g/mol. The van der Waals surface area contributed by atoms with E-state index in [4.69, 9.17) is 4.74 Å². The molecule has 2 heterocycles. The third-order valence-corrected chi connectivity index (χ3v) is 4.85. The summed E-state index contributed by atoms with van der Waals surface area (Å²) in [5.41, 5.74) is 1.35. The van der Waals surface area contributed by atoms with E-state index >= 15 is 0 Å². The van der Waals surface area contributed by atoms with Gasteiger partial charge in [0, 0.05) is 0 Å². The van der Waals surface area contributed by atoms with Gasteiger partial charge in [0.1, 0.15) is 11.9 Å². The van der Waals surface area contributed by atoms with Crippen LogP contribution in [0.15, 0.2) is 48.5 Å². The van der Waals surface area contributed by atoms with Crippen molar-refractivity contribution in [2.45, 2.75) is 6.10 Å². The predicted octanol–water partition coefficient (Wildman–Crippen LogP) is 3.48. The van der Waals surface area contributed by atoms with Crippen molar-refractivity contribution in [2.24, 2.45) is 0 Å². The van der Waals surface area contributed by atoms with Gasteiger partial charge in [-0.05, 0) is 36.4 Å². The minimum Gasteiger partial charge on any atom is -0.455 e. The van der Waals surface area contributed by atoms with Gasteiger partial charge in [0.25, 0.3) is 0 Å². The highest BCUT2D eigenvalue weighted by molar-refractivity contribution is 7.22. The average Bonchev–Trinajstić information content (AvgIpc) is 2.94. The number of anilines is 1. The number of hydrogen-bond donors (Lipinski definition) is 0. The summed E-state index contributed by atoms with van der Waals surface area (Å²) in [7, 11) is 0. The van der Waals surface area contributed by atoms with E-state index in [9.17, 15) is 9.18 Å². The standard InChI is InChI=1S/C17H13FN2O2S/c18-12-7-5-11(6-8-12)16(21)22-13-9-20(10-13)17-19-14-3-1-2-4-15(14)23-17/h1-8,13H,9-10H2. The molecule has 1 aromatic heterocycles. The lowest BCUT2D eigenvalue weighted by Gasteiger charge is -2.38. The van der Waals surface area contributed by atoms with Crippen LogP contribution in [-0.2, 0) is 4.74 Å². The second-order valence-electron chi connectivity index (χ2n) is 5.40. The van der Waals surface area contributed by atoms with E-state index in [1.54, 1.807) is 11.3 Å². The maximum atomic E-state index is 12.9. The van der Waals surface area contributed by atoms with Gasteiger partial charge in [0.2, 0.25) is 0 Å². The molecular weight excluding hydrogens is 315 g/mol. The minimum absolute atomic E-state index is 0.153. The molecule has 0 N–H and O–H groups in total. The van der Waals surface area contributed by atoms with Crippen molar-refractivity contribution in [1.82, 2.24) is 4.98 Å². The maximum absolute atomic E-state index is 12.9. The fourth-order valence-electron chi connectivity index (χ4n) is 2.47. The Balaban J connectivity index is 1.37. The highest BCUT2D eigenvalue weighted by atomic mass is 32.1. The van der Waals surface area contributed by atoms with Gasteiger partial charge in [-0.2, -0.15) is 0 Å². The molecular formula is C17H13FN2O2S. The molecule has 0 radical (unpaired) electrons. The Hall–Kier alpha value is -2.47. The van der Waals surface area contributed by atoms with Crippen LogP contribution in [0.25, 0.3) is 10.2 Å². The summed E-state index contributed by atoms with van der Waals surface area (Å²) >= 11 is 1.63. The Morgan fingerprint density at radius 2 is 1.91 bits per heavy atom. The molecule has 0 amide bonds. The van der Waals surface area contributed by atoms with Crippen molar-refractivity contribution < 1.29 is 13.9 Å². The van der Waals surface area contributed by atoms with Crippen LogP contribution < -0.4 is 4.90 Å². The molecule has 0 saturated carbocycles. The summed E-state index contributed by atoms with van der Waals surface area (Å²) in [6.45, 7) is 1.26. The molecule has 4 rings (SSSR count). The van der Waals surface area contributed by atoms with Crippen LogP contribution in [0.2, 0.25) is 0 Å². The maximum Gasteiger partial charge on any atom is 0.338 e. The molecule has 23 heavy (non-hydrogen) atoms. The molecule has 1 saturated heterocycles. The fourth-order valence-corrected chi connectivity index (χ4v) is 3.45. The van der Waals surface area contributed by atoms with Gasteiger partial charge in [-0.15, -0.1) is 0 Å². The highest BCUT2D eigenvalue weighted by Gasteiger charge is 2.32. The molecule has 116 valence electrons. The zero-order valence-corrected chi connectivity index (χ0v) is 12.9. The molecule has 4 nitrogen and oxygen atoms in total. The van der Waals surface area contributed by atoms with E-state index in [1.807, 2.05) is 24.3 Å². The number of carbonyl (C=O) groups is 1. The summed E-state index contributed by atoms with van der Waals surface area (Å²) in [6.07, 6.45) is -0.153. The van der Waals surface area contributed by atoms with Gasteiger partial charge in [-0.25, -0.2) is 14.2 Å². The molecule has 1 aliphatic rings. The number of thiazole rings is 1. The number of carbonyl (C=O) groups excluding carboxylic acids is 1. The van der Waals surface area contributed by atoms with Crippen LogP contribution in [0.4, 0.5) is 9.52 Å². The van der Waals surface area contributed by atoms with Crippen molar-refractivity contribution in [3.63, 3.8) is 0 Å². The number of rotatable bonds is 3. The van der Waals surface area contributed by atoms with Gasteiger partial charge in [-0.1, -0.05) is 23.5 Å². The molecule has 6 heteroatoms. The molecule has 1 fully saturated rings. The largest absolute Gasteiger partial charge is 0.455 e. The Morgan fingerprint density at radius 3 is 2.65 bits per heavy atom. The van der Waals surface area contributed by atoms with Gasteiger partial charge in [0.05, 0.1) is 28.9 Å². The number of nitrogens with zero attached hydrogens (tertiary/aromatic N) is 2. The number of benzene rings is 2. The summed E-state index contributed by atoms with van der Waals surface area (Å²) in [5.74, 6) is -0.786. The topological polar surface area (TPSA) is 42.4 Å². The Labute approximate surface area is 136 Å². The molecule has 1 aliphatic heterocycles. The third-order valence-electron chi connectivity index (χ3n) is 3.75. The monoisotopic (exact) mass is 328 g/mol. The van der Waals surface area contributed by atoms with Gasteiger partial charge >= 0.3 is 5.97 Å². The van der Waals surface area contributed by atoms with Crippen molar-refractivity contribution in [2.75, 3.05) is 18.0 Å². The van der Waals surface area contributed by atoms with E-state index in [2.05, 4.69) is 9.88 Å².